The number of hydrogen-bond acceptors (Lipinski definition) is 3. The van der Waals surface area contributed by atoms with Gasteiger partial charge in [-0.2, -0.15) is 8.78 Å². The number of alkyl halides is 2. The molecule has 1 amide bonds. The lowest BCUT2D eigenvalue weighted by molar-refractivity contribution is -0.150. The number of morpholine rings is 1. The lowest BCUT2D eigenvalue weighted by atomic mass is 10.1. The van der Waals surface area contributed by atoms with Crippen LogP contribution in [0.5, 0.6) is 0 Å². The molecule has 0 bridgehead atoms. The summed E-state index contributed by atoms with van der Waals surface area (Å²) < 4.78 is 29.4. The van der Waals surface area contributed by atoms with Crippen LogP contribution in [0, 0.1) is 0 Å². The molecule has 14 heavy (non-hydrogen) atoms. The smallest absolute Gasteiger partial charge is 0.315 e. The predicted molar refractivity (Wildman–Crippen MR) is 46.0 cm³/mol. The summed E-state index contributed by atoms with van der Waals surface area (Å²) in [4.78, 5) is 12.0. The Balaban J connectivity index is 2.51. The van der Waals surface area contributed by atoms with E-state index in [0.717, 1.165) is 4.90 Å². The SMILES string of the molecule is CC(N)C1CN(C(=O)C(F)F)CCO1. The van der Waals surface area contributed by atoms with E-state index in [9.17, 15) is 13.6 Å². The first-order valence-electron chi connectivity index (χ1n) is 4.46. The van der Waals surface area contributed by atoms with Crippen molar-refractivity contribution in [2.24, 2.45) is 5.73 Å². The maximum atomic E-state index is 12.1. The van der Waals surface area contributed by atoms with E-state index >= 15 is 0 Å². The van der Waals surface area contributed by atoms with Gasteiger partial charge in [-0.1, -0.05) is 0 Å². The van der Waals surface area contributed by atoms with Crippen molar-refractivity contribution in [3.05, 3.63) is 0 Å². The number of hydrogen-bond donors (Lipinski definition) is 1. The Labute approximate surface area is 81.0 Å². The summed E-state index contributed by atoms with van der Waals surface area (Å²) in [6, 6.07) is -0.261. The van der Waals surface area contributed by atoms with E-state index in [2.05, 4.69) is 0 Å². The molecule has 1 aliphatic heterocycles. The van der Waals surface area contributed by atoms with Crippen molar-refractivity contribution in [1.29, 1.82) is 0 Å². The minimum absolute atomic E-state index is 0.154. The molecule has 0 aromatic rings. The Morgan fingerprint density at radius 3 is 2.79 bits per heavy atom. The fourth-order valence-corrected chi connectivity index (χ4v) is 1.33. The summed E-state index contributed by atoms with van der Waals surface area (Å²) in [6.45, 7) is 2.36. The molecule has 82 valence electrons. The molecule has 1 heterocycles. The predicted octanol–water partition coefficient (Wildman–Crippen LogP) is -0.174. The number of carbonyl (C=O) groups excluding carboxylic acids is 1. The number of rotatable bonds is 2. The van der Waals surface area contributed by atoms with Gasteiger partial charge >= 0.3 is 6.43 Å². The molecule has 0 spiro atoms. The van der Waals surface area contributed by atoms with Crippen LogP contribution in [0.4, 0.5) is 8.78 Å². The molecule has 1 saturated heterocycles. The molecule has 0 aliphatic carbocycles. The largest absolute Gasteiger partial charge is 0.373 e. The third-order valence-electron chi connectivity index (χ3n) is 2.18. The quantitative estimate of drug-likeness (QED) is 0.685. The van der Waals surface area contributed by atoms with Crippen LogP contribution < -0.4 is 5.73 Å². The van der Waals surface area contributed by atoms with Crippen LogP contribution >= 0.6 is 0 Å². The highest BCUT2D eigenvalue weighted by Gasteiger charge is 2.30. The molecule has 0 radical (unpaired) electrons. The molecule has 0 saturated carbocycles. The second-order valence-corrected chi connectivity index (χ2v) is 3.35. The zero-order chi connectivity index (χ0) is 10.7. The zero-order valence-electron chi connectivity index (χ0n) is 7.95. The van der Waals surface area contributed by atoms with Gasteiger partial charge in [0.2, 0.25) is 0 Å². The molecule has 1 aliphatic rings. The first-order valence-corrected chi connectivity index (χ1v) is 4.46. The van der Waals surface area contributed by atoms with Gasteiger partial charge in [0.15, 0.2) is 0 Å². The van der Waals surface area contributed by atoms with E-state index in [-0.39, 0.29) is 31.8 Å². The highest BCUT2D eigenvalue weighted by atomic mass is 19.3. The summed E-state index contributed by atoms with van der Waals surface area (Å²) in [5.74, 6) is -1.14. The first kappa shape index (κ1) is 11.3. The van der Waals surface area contributed by atoms with E-state index in [1.807, 2.05) is 0 Å². The van der Waals surface area contributed by atoms with Crippen molar-refractivity contribution < 1.29 is 18.3 Å². The molecule has 1 rings (SSSR count). The number of halogens is 2. The minimum Gasteiger partial charge on any atom is -0.373 e. The third kappa shape index (κ3) is 2.62. The fraction of sp³-hybridized carbons (Fsp3) is 0.875. The molecule has 2 N–H and O–H groups in total. The summed E-state index contributed by atoms with van der Waals surface area (Å²) in [5.41, 5.74) is 5.56. The molecule has 2 unspecified atom stereocenters. The van der Waals surface area contributed by atoms with Gasteiger partial charge in [0.25, 0.3) is 5.91 Å². The Kier molecular flexibility index (Phi) is 3.77. The maximum Gasteiger partial charge on any atom is 0.315 e. The topological polar surface area (TPSA) is 55.6 Å². The van der Waals surface area contributed by atoms with Crippen LogP contribution in [0.1, 0.15) is 6.92 Å². The molecule has 6 heteroatoms. The van der Waals surface area contributed by atoms with E-state index in [4.69, 9.17) is 10.5 Å². The number of nitrogens with zero attached hydrogens (tertiary/aromatic N) is 1. The zero-order valence-corrected chi connectivity index (χ0v) is 7.95. The van der Waals surface area contributed by atoms with Crippen molar-refractivity contribution in [3.8, 4) is 0 Å². The normalized spacial score (nSPS) is 25.2. The second-order valence-electron chi connectivity index (χ2n) is 3.35. The van der Waals surface area contributed by atoms with Crippen molar-refractivity contribution in [1.82, 2.24) is 4.90 Å². The average Bonchev–Trinajstić information content (AvgIpc) is 2.16. The highest BCUT2D eigenvalue weighted by molar-refractivity contribution is 5.79. The third-order valence-corrected chi connectivity index (χ3v) is 2.18. The van der Waals surface area contributed by atoms with Crippen molar-refractivity contribution in [3.63, 3.8) is 0 Å². The number of amides is 1. The highest BCUT2D eigenvalue weighted by Crippen LogP contribution is 2.10. The van der Waals surface area contributed by atoms with E-state index < -0.39 is 12.3 Å². The van der Waals surface area contributed by atoms with Gasteiger partial charge < -0.3 is 15.4 Å². The van der Waals surface area contributed by atoms with Gasteiger partial charge in [0.1, 0.15) is 0 Å². The molecule has 2 atom stereocenters. The van der Waals surface area contributed by atoms with Crippen molar-refractivity contribution in [2.75, 3.05) is 19.7 Å². The summed E-state index contributed by atoms with van der Waals surface area (Å²) in [5, 5.41) is 0. The van der Waals surface area contributed by atoms with E-state index in [1.165, 1.54) is 0 Å². The Hall–Kier alpha value is -0.750. The van der Waals surface area contributed by atoms with Crippen LogP contribution in [-0.2, 0) is 9.53 Å². The van der Waals surface area contributed by atoms with Crippen LogP contribution in [0.25, 0.3) is 0 Å². The van der Waals surface area contributed by atoms with Crippen LogP contribution in [0.2, 0.25) is 0 Å². The fourth-order valence-electron chi connectivity index (χ4n) is 1.33. The van der Waals surface area contributed by atoms with Crippen molar-refractivity contribution >= 4 is 5.91 Å². The van der Waals surface area contributed by atoms with E-state index in [0.29, 0.717) is 0 Å². The molecule has 0 aromatic carbocycles. The number of nitrogens with two attached hydrogens (primary N) is 1. The lowest BCUT2D eigenvalue weighted by Gasteiger charge is -2.34. The molecule has 4 nitrogen and oxygen atoms in total. The van der Waals surface area contributed by atoms with Gasteiger partial charge in [0, 0.05) is 19.1 Å². The number of ether oxygens (including phenoxy) is 1. The molecule has 1 fully saturated rings. The first-order chi connectivity index (χ1) is 6.52. The summed E-state index contributed by atoms with van der Waals surface area (Å²) >= 11 is 0. The minimum atomic E-state index is -2.94. The summed E-state index contributed by atoms with van der Waals surface area (Å²) in [6.07, 6.45) is -3.28. The standard InChI is InChI=1S/C8H14F2N2O2/c1-5(11)6-4-12(2-3-14-6)8(13)7(9)10/h5-7H,2-4,11H2,1H3. The van der Waals surface area contributed by atoms with Gasteiger partial charge in [-0.15, -0.1) is 0 Å². The number of carbonyl (C=O) groups is 1. The molecule has 0 aromatic heterocycles. The average molecular weight is 208 g/mol. The van der Waals surface area contributed by atoms with Crippen LogP contribution in [-0.4, -0.2) is 49.1 Å². The summed E-state index contributed by atoms with van der Waals surface area (Å²) in [7, 11) is 0. The Bertz CT molecular complexity index is 212. The van der Waals surface area contributed by atoms with Gasteiger partial charge in [-0.05, 0) is 6.92 Å². The maximum absolute atomic E-state index is 12.1. The molecular weight excluding hydrogens is 194 g/mol. The van der Waals surface area contributed by atoms with Crippen molar-refractivity contribution in [2.45, 2.75) is 25.5 Å². The monoisotopic (exact) mass is 208 g/mol. The second kappa shape index (κ2) is 4.65. The van der Waals surface area contributed by atoms with Crippen LogP contribution in [0.3, 0.4) is 0 Å². The Morgan fingerprint density at radius 2 is 2.29 bits per heavy atom. The van der Waals surface area contributed by atoms with E-state index in [1.54, 1.807) is 6.92 Å². The van der Waals surface area contributed by atoms with Gasteiger partial charge in [0.05, 0.1) is 12.7 Å². The van der Waals surface area contributed by atoms with Gasteiger partial charge in [-0.25, -0.2) is 0 Å². The van der Waals surface area contributed by atoms with Gasteiger partial charge in [-0.3, -0.25) is 4.79 Å². The lowest BCUT2D eigenvalue weighted by Crippen LogP contribution is -2.52. The molecular formula is C8H14F2N2O2. The van der Waals surface area contributed by atoms with Crippen LogP contribution in [0.15, 0.2) is 0 Å². The Morgan fingerprint density at radius 1 is 1.64 bits per heavy atom.